The third kappa shape index (κ3) is 9.83. The maximum absolute atomic E-state index is 9.11. The number of β-amino-alcohol motifs (C(OH)–C–C–N with tert-alkyl or cyclic N) is 1. The Bertz CT molecular complexity index is 166. The fourth-order valence-corrected chi connectivity index (χ4v) is 1.67. The summed E-state index contributed by atoms with van der Waals surface area (Å²) in [5, 5.41) is 26.1. The van der Waals surface area contributed by atoms with Crippen molar-refractivity contribution in [1.82, 2.24) is 4.90 Å². The summed E-state index contributed by atoms with van der Waals surface area (Å²) in [6, 6.07) is 0. The number of rotatable bonds is 2. The first-order valence-corrected chi connectivity index (χ1v) is 7.33. The lowest BCUT2D eigenvalue weighted by Gasteiger charge is -2.28. The average Bonchev–Trinajstić information content (AvgIpc) is 2.32. The van der Waals surface area contributed by atoms with E-state index in [0.29, 0.717) is 0 Å². The fourth-order valence-electron chi connectivity index (χ4n) is 1.67. The van der Waals surface area contributed by atoms with Gasteiger partial charge < -0.3 is 20.2 Å². The zero-order chi connectivity index (χ0) is 13.8. The van der Waals surface area contributed by atoms with E-state index in [-0.39, 0.29) is 18.8 Å². The lowest BCUT2D eigenvalue weighted by Crippen LogP contribution is -2.37. The van der Waals surface area contributed by atoms with Gasteiger partial charge in [0.1, 0.15) is 0 Å². The molecular formula is C14H31NO3. The third-order valence-corrected chi connectivity index (χ3v) is 3.05. The van der Waals surface area contributed by atoms with E-state index in [9.17, 15) is 0 Å². The van der Waals surface area contributed by atoms with Crippen molar-refractivity contribution < 1.29 is 15.3 Å². The van der Waals surface area contributed by atoms with Gasteiger partial charge in [0.25, 0.3) is 0 Å². The van der Waals surface area contributed by atoms with Crippen LogP contribution in [0.15, 0.2) is 0 Å². The Morgan fingerprint density at radius 2 is 1.33 bits per heavy atom. The van der Waals surface area contributed by atoms with Crippen molar-refractivity contribution in [2.45, 2.75) is 64.6 Å². The van der Waals surface area contributed by atoms with E-state index < -0.39 is 0 Å². The Hall–Kier alpha value is -0.160. The van der Waals surface area contributed by atoms with Crippen molar-refractivity contribution in [2.24, 2.45) is 0 Å². The fraction of sp³-hybridized carbons (Fsp3) is 1.00. The highest BCUT2D eigenvalue weighted by atomic mass is 16.3. The van der Waals surface area contributed by atoms with E-state index in [1.165, 1.54) is 12.8 Å². The molecule has 110 valence electrons. The van der Waals surface area contributed by atoms with Crippen molar-refractivity contribution in [3.63, 3.8) is 0 Å². The zero-order valence-electron chi connectivity index (χ0n) is 12.0. The number of hydrogen-bond donors (Lipinski definition) is 3. The largest absolute Gasteiger partial charge is 0.395 e. The second-order valence-corrected chi connectivity index (χ2v) is 5.09. The molecule has 4 nitrogen and oxygen atoms in total. The molecule has 3 N–H and O–H groups in total. The second kappa shape index (κ2) is 11.9. The standard InChI is InChI=1S/C7H15NO2.C4H8O.C3H8/c9-6-5-8-3-1-7(10)2-4-8;5-4-2-1-3-4;1-3-2/h7,9-10H,1-6H2;4-5H,1-3H2;3H2,1-2H3. The van der Waals surface area contributed by atoms with Crippen LogP contribution in [0.3, 0.4) is 0 Å². The molecule has 0 aromatic heterocycles. The molecule has 0 radical (unpaired) electrons. The summed E-state index contributed by atoms with van der Waals surface area (Å²) in [6.45, 7) is 7.10. The molecule has 1 heterocycles. The SMILES string of the molecule is CCC.OC1CCC1.OCCN1CCC(O)CC1. The highest BCUT2D eigenvalue weighted by Gasteiger charge is 2.15. The Morgan fingerprint density at radius 1 is 0.944 bits per heavy atom. The van der Waals surface area contributed by atoms with Crippen LogP contribution in [0.25, 0.3) is 0 Å². The number of likely N-dealkylation sites (tertiary alicyclic amines) is 1. The molecule has 0 aromatic carbocycles. The van der Waals surface area contributed by atoms with Gasteiger partial charge in [-0.3, -0.25) is 0 Å². The minimum atomic E-state index is -0.102. The predicted octanol–water partition coefficient (Wildman–Crippen LogP) is 1.38. The zero-order valence-corrected chi connectivity index (χ0v) is 12.0. The Labute approximate surface area is 112 Å². The Balaban J connectivity index is 0.000000301. The van der Waals surface area contributed by atoms with Crippen LogP contribution in [-0.2, 0) is 0 Å². The number of nitrogens with zero attached hydrogens (tertiary/aromatic N) is 1. The van der Waals surface area contributed by atoms with E-state index in [1.54, 1.807) is 0 Å². The van der Waals surface area contributed by atoms with E-state index >= 15 is 0 Å². The van der Waals surface area contributed by atoms with Crippen LogP contribution in [0.4, 0.5) is 0 Å². The molecule has 1 aliphatic carbocycles. The molecule has 2 rings (SSSR count). The van der Waals surface area contributed by atoms with Gasteiger partial charge in [-0.05, 0) is 32.1 Å². The van der Waals surface area contributed by atoms with E-state index in [2.05, 4.69) is 18.7 Å². The van der Waals surface area contributed by atoms with Gasteiger partial charge in [-0.25, -0.2) is 0 Å². The highest BCUT2D eigenvalue weighted by molar-refractivity contribution is 4.70. The van der Waals surface area contributed by atoms with Crippen LogP contribution in [0.5, 0.6) is 0 Å². The number of hydrogen-bond acceptors (Lipinski definition) is 4. The van der Waals surface area contributed by atoms with Gasteiger partial charge in [0.2, 0.25) is 0 Å². The molecule has 4 heteroatoms. The first kappa shape index (κ1) is 17.8. The monoisotopic (exact) mass is 261 g/mol. The molecular weight excluding hydrogens is 230 g/mol. The Morgan fingerprint density at radius 3 is 1.61 bits per heavy atom. The molecule has 2 aliphatic rings. The van der Waals surface area contributed by atoms with Crippen LogP contribution in [0.1, 0.15) is 52.4 Å². The number of piperidine rings is 1. The summed E-state index contributed by atoms with van der Waals surface area (Å²) in [5.41, 5.74) is 0. The number of aliphatic hydroxyl groups excluding tert-OH is 3. The quantitative estimate of drug-likeness (QED) is 0.703. The van der Waals surface area contributed by atoms with Crippen LogP contribution in [0, 0.1) is 0 Å². The normalized spacial score (nSPS) is 21.2. The van der Waals surface area contributed by atoms with Crippen LogP contribution < -0.4 is 0 Å². The summed E-state index contributed by atoms with van der Waals surface area (Å²) in [4.78, 5) is 2.17. The molecule has 0 aromatic rings. The summed E-state index contributed by atoms with van der Waals surface area (Å²) >= 11 is 0. The first-order chi connectivity index (χ1) is 8.63. The van der Waals surface area contributed by atoms with Gasteiger partial charge in [-0.2, -0.15) is 0 Å². The molecule has 0 unspecified atom stereocenters. The molecule has 1 saturated carbocycles. The van der Waals surface area contributed by atoms with E-state index in [0.717, 1.165) is 45.3 Å². The van der Waals surface area contributed by atoms with Crippen molar-refractivity contribution in [1.29, 1.82) is 0 Å². The van der Waals surface area contributed by atoms with Gasteiger partial charge in [-0.1, -0.05) is 20.3 Å². The molecule has 18 heavy (non-hydrogen) atoms. The van der Waals surface area contributed by atoms with Crippen LogP contribution >= 0.6 is 0 Å². The summed E-state index contributed by atoms with van der Waals surface area (Å²) in [6.07, 6.45) is 6.26. The van der Waals surface area contributed by atoms with Crippen molar-refractivity contribution in [2.75, 3.05) is 26.2 Å². The Kier molecular flexibility index (Phi) is 11.8. The van der Waals surface area contributed by atoms with Gasteiger partial charge in [-0.15, -0.1) is 0 Å². The second-order valence-electron chi connectivity index (χ2n) is 5.09. The van der Waals surface area contributed by atoms with Gasteiger partial charge >= 0.3 is 0 Å². The topological polar surface area (TPSA) is 63.9 Å². The molecule has 0 spiro atoms. The van der Waals surface area contributed by atoms with Crippen LogP contribution in [-0.4, -0.2) is 58.7 Å². The molecule has 0 amide bonds. The molecule has 1 aliphatic heterocycles. The van der Waals surface area contributed by atoms with E-state index in [1.807, 2.05) is 0 Å². The molecule has 0 atom stereocenters. The summed E-state index contributed by atoms with van der Waals surface area (Å²) in [5.74, 6) is 0. The van der Waals surface area contributed by atoms with Crippen LogP contribution in [0.2, 0.25) is 0 Å². The minimum absolute atomic E-state index is 0.0648. The maximum Gasteiger partial charge on any atom is 0.0564 e. The lowest BCUT2D eigenvalue weighted by molar-refractivity contribution is 0.0734. The molecule has 1 saturated heterocycles. The molecule has 0 bridgehead atoms. The predicted molar refractivity (Wildman–Crippen MR) is 74.6 cm³/mol. The first-order valence-electron chi connectivity index (χ1n) is 7.33. The summed E-state index contributed by atoms with van der Waals surface area (Å²) < 4.78 is 0. The van der Waals surface area contributed by atoms with Gasteiger partial charge in [0.05, 0.1) is 18.8 Å². The van der Waals surface area contributed by atoms with Crippen molar-refractivity contribution in [3.8, 4) is 0 Å². The summed E-state index contributed by atoms with van der Waals surface area (Å²) in [7, 11) is 0. The number of aliphatic hydroxyl groups is 3. The van der Waals surface area contributed by atoms with Crippen molar-refractivity contribution in [3.05, 3.63) is 0 Å². The smallest absolute Gasteiger partial charge is 0.0564 e. The maximum atomic E-state index is 9.11. The van der Waals surface area contributed by atoms with E-state index in [4.69, 9.17) is 15.3 Å². The van der Waals surface area contributed by atoms with Crippen molar-refractivity contribution >= 4 is 0 Å². The average molecular weight is 261 g/mol. The molecule has 2 fully saturated rings. The third-order valence-electron chi connectivity index (χ3n) is 3.05. The van der Waals surface area contributed by atoms with Gasteiger partial charge in [0, 0.05) is 19.6 Å². The lowest BCUT2D eigenvalue weighted by atomic mass is 9.97. The minimum Gasteiger partial charge on any atom is -0.395 e. The van der Waals surface area contributed by atoms with Gasteiger partial charge in [0.15, 0.2) is 0 Å². The highest BCUT2D eigenvalue weighted by Crippen LogP contribution is 2.16.